The molecule has 0 saturated carbocycles. The van der Waals surface area contributed by atoms with E-state index in [-0.39, 0.29) is 26.2 Å². The molecule has 0 radical (unpaired) electrons. The van der Waals surface area contributed by atoms with Crippen molar-refractivity contribution < 1.29 is 38.0 Å². The van der Waals surface area contributed by atoms with Gasteiger partial charge in [-0.1, -0.05) is 0 Å². The molecule has 0 spiro atoms. The first-order valence-electron chi connectivity index (χ1n) is 9.34. The van der Waals surface area contributed by atoms with Gasteiger partial charge in [-0.15, -0.1) is 0 Å². The number of hydrogen-bond acceptors (Lipinski definition) is 9. The van der Waals surface area contributed by atoms with Crippen LogP contribution in [0.1, 0.15) is 17.0 Å². The highest BCUT2D eigenvalue weighted by Gasteiger charge is 2.42. The Kier molecular flexibility index (Phi) is 3.50. The summed E-state index contributed by atoms with van der Waals surface area (Å²) in [5, 5.41) is 3.31. The zero-order chi connectivity index (χ0) is 20.4. The zero-order valence-corrected chi connectivity index (χ0v) is 16.2. The van der Waals surface area contributed by atoms with E-state index in [2.05, 4.69) is 5.32 Å². The molecule has 0 bridgehead atoms. The summed E-state index contributed by atoms with van der Waals surface area (Å²) in [6.45, 7) is 0.400. The lowest BCUT2D eigenvalue weighted by Crippen LogP contribution is -2.20. The Morgan fingerprint density at radius 2 is 1.57 bits per heavy atom. The van der Waals surface area contributed by atoms with Crippen LogP contribution < -0.4 is 33.7 Å². The molecular weight excluding hydrogens is 394 g/mol. The van der Waals surface area contributed by atoms with Crippen LogP contribution in [0.5, 0.6) is 34.5 Å². The Hall–Kier alpha value is -3.75. The Morgan fingerprint density at radius 1 is 0.867 bits per heavy atom. The number of methoxy groups -OCH3 is 2. The molecule has 2 aromatic carbocycles. The second-order valence-corrected chi connectivity index (χ2v) is 7.09. The molecule has 6 rings (SSSR count). The molecule has 9 heteroatoms. The fraction of sp³-hybridized carbons (Fsp3) is 0.286. The first-order valence-corrected chi connectivity index (χ1v) is 9.34. The molecule has 2 aromatic rings. The molecule has 0 aliphatic carbocycles. The van der Waals surface area contributed by atoms with Gasteiger partial charge in [0.25, 0.3) is 0 Å². The summed E-state index contributed by atoms with van der Waals surface area (Å²) in [7, 11) is 3.08. The number of rotatable bonds is 3. The van der Waals surface area contributed by atoms with Crippen LogP contribution in [-0.4, -0.2) is 40.4 Å². The minimum absolute atomic E-state index is 0.0792. The van der Waals surface area contributed by atoms with Gasteiger partial charge in [-0.05, 0) is 17.7 Å². The fourth-order valence-corrected chi connectivity index (χ4v) is 4.38. The first-order chi connectivity index (χ1) is 14.7. The number of carbonyl (C=O) groups excluding carboxylic acids is 1. The van der Waals surface area contributed by atoms with E-state index >= 15 is 0 Å². The number of hydrogen-bond donors (Lipinski definition) is 1. The zero-order valence-electron chi connectivity index (χ0n) is 16.2. The molecule has 1 atom stereocenters. The Bertz CT molecular complexity index is 1140. The number of esters is 1. The van der Waals surface area contributed by atoms with Crippen molar-refractivity contribution >= 4 is 11.7 Å². The number of anilines is 1. The van der Waals surface area contributed by atoms with Gasteiger partial charge in [-0.2, -0.15) is 0 Å². The van der Waals surface area contributed by atoms with E-state index in [1.54, 1.807) is 7.11 Å². The van der Waals surface area contributed by atoms with E-state index in [4.69, 9.17) is 33.2 Å². The monoisotopic (exact) mass is 411 g/mol. The maximum absolute atomic E-state index is 12.7. The SMILES string of the molecule is COc1c([C@H]2C3=C(COC3=O)Nc3cc4c(cc32)OCO4)cc2c(c1OC)OCO2. The molecule has 0 fully saturated rings. The van der Waals surface area contributed by atoms with Crippen LogP contribution in [0.15, 0.2) is 29.5 Å². The lowest BCUT2D eigenvalue weighted by molar-refractivity contribution is -0.136. The van der Waals surface area contributed by atoms with Gasteiger partial charge >= 0.3 is 5.97 Å². The number of carbonyl (C=O) groups is 1. The van der Waals surface area contributed by atoms with Crippen LogP contribution in [0.25, 0.3) is 0 Å². The van der Waals surface area contributed by atoms with E-state index in [0.717, 1.165) is 11.3 Å². The molecule has 1 N–H and O–H groups in total. The third-order valence-electron chi connectivity index (χ3n) is 5.64. The highest BCUT2D eigenvalue weighted by molar-refractivity contribution is 5.98. The topological polar surface area (TPSA) is 93.7 Å². The maximum atomic E-state index is 12.7. The molecule has 30 heavy (non-hydrogen) atoms. The summed E-state index contributed by atoms with van der Waals surface area (Å²) in [6.07, 6.45) is 0. The van der Waals surface area contributed by atoms with Gasteiger partial charge in [0.05, 0.1) is 25.5 Å². The van der Waals surface area contributed by atoms with Crippen molar-refractivity contribution in [1.29, 1.82) is 0 Å². The summed E-state index contributed by atoms with van der Waals surface area (Å²) in [4.78, 5) is 12.7. The number of fused-ring (bicyclic) bond motifs is 3. The quantitative estimate of drug-likeness (QED) is 0.765. The second-order valence-electron chi connectivity index (χ2n) is 7.09. The molecular formula is C21H17NO8. The standard InChI is InChI=1S/C21H17NO8/c1-24-18-10(4-15-19(20(18)25-2)30-8-29-15)16-9-3-13-14(28-7-27-13)5-11(9)22-12-6-26-21(23)17(12)16/h3-5,16,22H,6-8H2,1-2H3/t16-/m0/s1. The van der Waals surface area contributed by atoms with Gasteiger partial charge in [0.1, 0.15) is 6.61 Å². The number of ether oxygens (including phenoxy) is 7. The van der Waals surface area contributed by atoms with Crippen molar-refractivity contribution in [3.8, 4) is 34.5 Å². The molecule has 0 aromatic heterocycles. The predicted octanol–water partition coefficient (Wildman–Crippen LogP) is 2.53. The van der Waals surface area contributed by atoms with Gasteiger partial charge in [0, 0.05) is 23.2 Å². The lowest BCUT2D eigenvalue weighted by atomic mass is 9.80. The van der Waals surface area contributed by atoms with Crippen LogP contribution in [0, 0.1) is 0 Å². The average Bonchev–Trinajstić information content (AvgIpc) is 3.49. The van der Waals surface area contributed by atoms with Gasteiger partial charge in [-0.3, -0.25) is 0 Å². The number of benzene rings is 2. The van der Waals surface area contributed by atoms with Crippen LogP contribution in [0.3, 0.4) is 0 Å². The molecule has 0 unspecified atom stereocenters. The molecule has 0 saturated heterocycles. The van der Waals surface area contributed by atoms with Crippen molar-refractivity contribution in [2.45, 2.75) is 5.92 Å². The van der Waals surface area contributed by atoms with Gasteiger partial charge in [0.2, 0.25) is 25.1 Å². The number of nitrogens with one attached hydrogen (secondary N) is 1. The Labute approximate surface area is 171 Å². The van der Waals surface area contributed by atoms with E-state index in [0.29, 0.717) is 51.3 Å². The average molecular weight is 411 g/mol. The minimum Gasteiger partial charge on any atom is -0.492 e. The van der Waals surface area contributed by atoms with Crippen LogP contribution in [-0.2, 0) is 9.53 Å². The van der Waals surface area contributed by atoms with E-state index in [9.17, 15) is 4.79 Å². The second kappa shape index (κ2) is 6.12. The highest BCUT2D eigenvalue weighted by Crippen LogP contribution is 2.56. The third-order valence-corrected chi connectivity index (χ3v) is 5.64. The van der Waals surface area contributed by atoms with Crippen LogP contribution in [0.4, 0.5) is 5.69 Å². The molecule has 4 aliphatic rings. The summed E-state index contributed by atoms with van der Waals surface area (Å²) in [5.41, 5.74) is 3.55. The van der Waals surface area contributed by atoms with Gasteiger partial charge in [-0.25, -0.2) is 4.79 Å². The largest absolute Gasteiger partial charge is 0.492 e. The summed E-state index contributed by atoms with van der Waals surface area (Å²) >= 11 is 0. The normalized spacial score (nSPS) is 19.8. The van der Waals surface area contributed by atoms with Crippen molar-refractivity contribution in [2.24, 2.45) is 0 Å². The summed E-state index contributed by atoms with van der Waals surface area (Å²) in [6, 6.07) is 5.57. The molecule has 4 aliphatic heterocycles. The van der Waals surface area contributed by atoms with E-state index in [1.165, 1.54) is 7.11 Å². The molecule has 154 valence electrons. The minimum atomic E-state index is -0.487. The van der Waals surface area contributed by atoms with Crippen LogP contribution >= 0.6 is 0 Å². The van der Waals surface area contributed by atoms with Crippen molar-refractivity contribution in [1.82, 2.24) is 0 Å². The van der Waals surface area contributed by atoms with Crippen molar-refractivity contribution in [3.05, 3.63) is 40.6 Å². The lowest BCUT2D eigenvalue weighted by Gasteiger charge is -2.29. The van der Waals surface area contributed by atoms with E-state index in [1.807, 2.05) is 18.2 Å². The molecule has 4 heterocycles. The van der Waals surface area contributed by atoms with Crippen molar-refractivity contribution in [3.63, 3.8) is 0 Å². The highest BCUT2D eigenvalue weighted by atomic mass is 16.7. The third kappa shape index (κ3) is 2.20. The first kappa shape index (κ1) is 17.1. The fourth-order valence-electron chi connectivity index (χ4n) is 4.38. The smallest absolute Gasteiger partial charge is 0.337 e. The Morgan fingerprint density at radius 3 is 2.37 bits per heavy atom. The van der Waals surface area contributed by atoms with Crippen LogP contribution in [0.2, 0.25) is 0 Å². The predicted molar refractivity (Wildman–Crippen MR) is 102 cm³/mol. The Balaban J connectivity index is 1.63. The van der Waals surface area contributed by atoms with Gasteiger partial charge in [0.15, 0.2) is 23.0 Å². The molecule has 9 nitrogen and oxygen atoms in total. The van der Waals surface area contributed by atoms with Crippen molar-refractivity contribution in [2.75, 3.05) is 39.7 Å². The van der Waals surface area contributed by atoms with E-state index < -0.39 is 5.92 Å². The van der Waals surface area contributed by atoms with Gasteiger partial charge < -0.3 is 38.5 Å². The number of cyclic esters (lactones) is 1. The maximum Gasteiger partial charge on any atom is 0.337 e. The summed E-state index contributed by atoms with van der Waals surface area (Å²) < 4.78 is 38.9. The summed E-state index contributed by atoms with van der Waals surface area (Å²) in [5.74, 6) is 2.26. The molecule has 0 amide bonds.